The van der Waals surface area contributed by atoms with Crippen LogP contribution in [-0.2, 0) is 0 Å². The Morgan fingerprint density at radius 3 is 2.52 bits per heavy atom. The van der Waals surface area contributed by atoms with E-state index in [0.29, 0.717) is 5.41 Å². The van der Waals surface area contributed by atoms with E-state index in [1.807, 2.05) is 0 Å². The molecule has 2 aliphatic rings. The van der Waals surface area contributed by atoms with Crippen LogP contribution in [0.15, 0.2) is 58.7 Å². The monoisotopic (exact) mass is 282 g/mol. The summed E-state index contributed by atoms with van der Waals surface area (Å²) in [5.41, 5.74) is 8.57. The largest absolute Gasteiger partial charge is 0.0958 e. The van der Waals surface area contributed by atoms with E-state index in [9.17, 15) is 0 Å². The van der Waals surface area contributed by atoms with Crippen LogP contribution >= 0.6 is 0 Å². The fourth-order valence-electron chi connectivity index (χ4n) is 3.29. The van der Waals surface area contributed by atoms with Gasteiger partial charge in [0.1, 0.15) is 0 Å². The molecule has 0 amide bonds. The van der Waals surface area contributed by atoms with Crippen LogP contribution in [0.25, 0.3) is 0 Å². The molecule has 2 aliphatic carbocycles. The third-order valence-electron chi connectivity index (χ3n) is 5.13. The Hall–Kier alpha value is -1.30. The van der Waals surface area contributed by atoms with E-state index < -0.39 is 0 Å². The molecular formula is C21H30. The van der Waals surface area contributed by atoms with Crippen molar-refractivity contribution in [2.24, 2.45) is 11.3 Å². The molecule has 1 atom stereocenters. The molecule has 0 heteroatoms. The lowest BCUT2D eigenvalue weighted by Crippen LogP contribution is -2.23. The summed E-state index contributed by atoms with van der Waals surface area (Å²) in [6.45, 7) is 19.8. The lowest BCUT2D eigenvalue weighted by molar-refractivity contribution is 0.217. The first-order valence-corrected chi connectivity index (χ1v) is 8.13. The Bertz CT molecular complexity index is 555. The normalized spacial score (nSPS) is 25.6. The maximum Gasteiger partial charge on any atom is -0.00231 e. The average molecular weight is 282 g/mol. The number of hydrogen-bond donors (Lipinski definition) is 0. The molecule has 0 aromatic carbocycles. The van der Waals surface area contributed by atoms with Gasteiger partial charge >= 0.3 is 0 Å². The summed E-state index contributed by atoms with van der Waals surface area (Å²) in [5.74, 6) is 0.785. The first kappa shape index (κ1) is 16.1. The van der Waals surface area contributed by atoms with Crippen molar-refractivity contribution < 1.29 is 0 Å². The Morgan fingerprint density at radius 1 is 1.33 bits per heavy atom. The number of allylic oxidation sites excluding steroid dienone is 8. The molecule has 0 nitrogen and oxygen atoms in total. The Morgan fingerprint density at radius 2 is 2.00 bits per heavy atom. The zero-order valence-corrected chi connectivity index (χ0v) is 14.5. The van der Waals surface area contributed by atoms with Crippen molar-refractivity contribution in [2.45, 2.75) is 60.3 Å². The second kappa shape index (κ2) is 5.83. The van der Waals surface area contributed by atoms with Gasteiger partial charge in [-0.3, -0.25) is 0 Å². The molecule has 21 heavy (non-hydrogen) atoms. The predicted molar refractivity (Wildman–Crippen MR) is 94.2 cm³/mol. The topological polar surface area (TPSA) is 0 Å². The van der Waals surface area contributed by atoms with E-state index in [0.717, 1.165) is 12.3 Å². The maximum atomic E-state index is 4.24. The minimum atomic E-state index is 0.399. The van der Waals surface area contributed by atoms with Crippen molar-refractivity contribution >= 4 is 0 Å². The van der Waals surface area contributed by atoms with E-state index in [1.54, 1.807) is 5.57 Å². The SMILES string of the molecule is C=C(C)C1=C/C(=C/C2=C(C)CC[C@H](C(C)(C)C)C2)C(=C)C1. The van der Waals surface area contributed by atoms with Crippen LogP contribution in [0.1, 0.15) is 60.3 Å². The third-order valence-corrected chi connectivity index (χ3v) is 5.13. The fourth-order valence-corrected chi connectivity index (χ4v) is 3.29. The van der Waals surface area contributed by atoms with Gasteiger partial charge < -0.3 is 0 Å². The smallest absolute Gasteiger partial charge is 0.00231 e. The van der Waals surface area contributed by atoms with Gasteiger partial charge in [-0.25, -0.2) is 0 Å². The molecule has 0 spiro atoms. The third kappa shape index (κ3) is 3.67. The van der Waals surface area contributed by atoms with Gasteiger partial charge in [0.15, 0.2) is 0 Å². The molecule has 0 bridgehead atoms. The number of hydrogen-bond acceptors (Lipinski definition) is 0. The van der Waals surface area contributed by atoms with Gasteiger partial charge in [0.25, 0.3) is 0 Å². The Balaban J connectivity index is 2.27. The Kier molecular flexibility index (Phi) is 4.46. The van der Waals surface area contributed by atoms with Crippen LogP contribution in [0.5, 0.6) is 0 Å². The average Bonchev–Trinajstić information content (AvgIpc) is 2.72. The van der Waals surface area contributed by atoms with Crippen molar-refractivity contribution in [1.82, 2.24) is 0 Å². The minimum Gasteiger partial charge on any atom is -0.0958 e. The molecule has 114 valence electrons. The maximum absolute atomic E-state index is 4.24. The van der Waals surface area contributed by atoms with Crippen LogP contribution in [0, 0.1) is 11.3 Å². The first-order valence-electron chi connectivity index (χ1n) is 8.13. The summed E-state index contributed by atoms with van der Waals surface area (Å²) < 4.78 is 0. The predicted octanol–water partition coefficient (Wildman–Crippen LogP) is 6.54. The lowest BCUT2D eigenvalue weighted by atomic mass is 9.70. The standard InChI is InChI=1S/C21H30/c1-14(2)17-10-16(4)18(11-17)12-19-13-20(21(5,6)7)9-8-15(19)3/h11-12,20H,1,4,8-10,13H2,2-3,5-7H3/b18-12-/t20-/m0/s1. The molecule has 0 saturated heterocycles. The quantitative estimate of drug-likeness (QED) is 0.539. The van der Waals surface area contributed by atoms with Gasteiger partial charge in [0.2, 0.25) is 0 Å². The molecule has 0 heterocycles. The molecule has 0 N–H and O–H groups in total. The van der Waals surface area contributed by atoms with E-state index in [1.165, 1.54) is 47.1 Å². The summed E-state index contributed by atoms with van der Waals surface area (Å²) in [4.78, 5) is 0. The summed E-state index contributed by atoms with van der Waals surface area (Å²) >= 11 is 0. The highest BCUT2D eigenvalue weighted by atomic mass is 14.3. The molecular weight excluding hydrogens is 252 g/mol. The van der Waals surface area contributed by atoms with Gasteiger partial charge in [0.05, 0.1) is 0 Å². The van der Waals surface area contributed by atoms with Gasteiger partial charge in [-0.15, -0.1) is 0 Å². The minimum absolute atomic E-state index is 0.399. The molecule has 0 aromatic rings. The zero-order chi connectivity index (χ0) is 15.8. The molecule has 0 aliphatic heterocycles. The summed E-state index contributed by atoms with van der Waals surface area (Å²) in [7, 11) is 0. The summed E-state index contributed by atoms with van der Waals surface area (Å²) in [6, 6.07) is 0. The highest BCUT2D eigenvalue weighted by molar-refractivity contribution is 5.56. The van der Waals surface area contributed by atoms with Crippen molar-refractivity contribution in [3.8, 4) is 0 Å². The van der Waals surface area contributed by atoms with Gasteiger partial charge in [0, 0.05) is 0 Å². The van der Waals surface area contributed by atoms with Crippen LogP contribution in [0.2, 0.25) is 0 Å². The molecule has 0 saturated carbocycles. The molecule has 0 unspecified atom stereocenters. The molecule has 0 aromatic heterocycles. The van der Waals surface area contributed by atoms with Crippen LogP contribution in [0.3, 0.4) is 0 Å². The molecule has 0 fully saturated rings. The second-order valence-corrected chi connectivity index (χ2v) is 7.94. The van der Waals surface area contributed by atoms with Crippen LogP contribution in [0.4, 0.5) is 0 Å². The van der Waals surface area contributed by atoms with E-state index in [2.05, 4.69) is 59.9 Å². The number of rotatable bonds is 2. The lowest BCUT2D eigenvalue weighted by Gasteiger charge is -2.35. The van der Waals surface area contributed by atoms with Gasteiger partial charge in [-0.2, -0.15) is 0 Å². The highest BCUT2D eigenvalue weighted by Gasteiger charge is 2.28. The molecule has 0 radical (unpaired) electrons. The van der Waals surface area contributed by atoms with Crippen molar-refractivity contribution in [3.63, 3.8) is 0 Å². The van der Waals surface area contributed by atoms with Gasteiger partial charge in [-0.1, -0.05) is 57.2 Å². The second-order valence-electron chi connectivity index (χ2n) is 7.94. The van der Waals surface area contributed by atoms with Crippen molar-refractivity contribution in [1.29, 1.82) is 0 Å². The fraction of sp³-hybridized carbons (Fsp3) is 0.524. The van der Waals surface area contributed by atoms with Crippen molar-refractivity contribution in [3.05, 3.63) is 58.7 Å². The van der Waals surface area contributed by atoms with Crippen molar-refractivity contribution in [2.75, 3.05) is 0 Å². The van der Waals surface area contributed by atoms with Crippen LogP contribution in [-0.4, -0.2) is 0 Å². The Labute approximate surface area is 131 Å². The molecule has 2 rings (SSSR count). The first-order chi connectivity index (χ1) is 9.68. The zero-order valence-electron chi connectivity index (χ0n) is 14.5. The van der Waals surface area contributed by atoms with E-state index >= 15 is 0 Å². The summed E-state index contributed by atoms with van der Waals surface area (Å²) in [6.07, 6.45) is 9.43. The highest BCUT2D eigenvalue weighted by Crippen LogP contribution is 2.42. The van der Waals surface area contributed by atoms with Gasteiger partial charge in [-0.05, 0) is 73.2 Å². The van der Waals surface area contributed by atoms with Crippen LogP contribution < -0.4 is 0 Å². The van der Waals surface area contributed by atoms with E-state index in [-0.39, 0.29) is 0 Å². The van der Waals surface area contributed by atoms with E-state index in [4.69, 9.17) is 0 Å². The summed E-state index contributed by atoms with van der Waals surface area (Å²) in [5, 5.41) is 0.